The van der Waals surface area contributed by atoms with Crippen molar-refractivity contribution < 1.29 is 17.9 Å². The number of carbonyl (C=O) groups excluding carboxylic acids is 1. The number of nitrogens with one attached hydrogen (secondary N) is 2. The van der Waals surface area contributed by atoms with Crippen LogP contribution >= 0.6 is 0 Å². The minimum absolute atomic E-state index is 0.00697. The van der Waals surface area contributed by atoms with Crippen LogP contribution in [0.3, 0.4) is 0 Å². The largest absolute Gasteiger partial charge is 0.494 e. The van der Waals surface area contributed by atoms with E-state index in [1.807, 2.05) is 43.3 Å². The average Bonchev–Trinajstić information content (AvgIpc) is 3.25. The van der Waals surface area contributed by atoms with E-state index in [0.29, 0.717) is 37.3 Å². The molecule has 2 aromatic rings. The normalized spacial score (nSPS) is 14.5. The van der Waals surface area contributed by atoms with Crippen LogP contribution < -0.4 is 14.8 Å². The van der Waals surface area contributed by atoms with Gasteiger partial charge in [0.15, 0.2) is 0 Å². The lowest BCUT2D eigenvalue weighted by Crippen LogP contribution is -2.32. The topological polar surface area (TPSA) is 84.5 Å². The number of rotatable bonds is 11. The molecule has 168 valence electrons. The minimum atomic E-state index is -3.46. The molecule has 2 aromatic carbocycles. The Hall–Kier alpha value is -2.38. The second-order valence-electron chi connectivity index (χ2n) is 8.11. The first-order valence-corrected chi connectivity index (χ1v) is 12.5. The molecule has 0 aliphatic heterocycles. The van der Waals surface area contributed by atoms with E-state index in [1.165, 1.54) is 5.56 Å². The highest BCUT2D eigenvalue weighted by molar-refractivity contribution is 7.89. The minimum Gasteiger partial charge on any atom is -0.494 e. The number of aryl methyl sites for hydroxylation is 1. The van der Waals surface area contributed by atoms with Crippen molar-refractivity contribution in [2.24, 2.45) is 0 Å². The average molecular weight is 445 g/mol. The van der Waals surface area contributed by atoms with Crippen molar-refractivity contribution in [3.05, 3.63) is 59.7 Å². The van der Waals surface area contributed by atoms with Gasteiger partial charge in [-0.3, -0.25) is 4.79 Å². The highest BCUT2D eigenvalue weighted by Gasteiger charge is 2.22. The lowest BCUT2D eigenvalue weighted by molar-refractivity contribution is -0.121. The molecule has 1 fully saturated rings. The molecule has 0 radical (unpaired) electrons. The molecule has 0 spiro atoms. The van der Waals surface area contributed by atoms with Crippen LogP contribution in [0.15, 0.2) is 53.4 Å². The number of amides is 1. The Morgan fingerprint density at radius 3 is 2.39 bits per heavy atom. The predicted molar refractivity (Wildman–Crippen MR) is 122 cm³/mol. The van der Waals surface area contributed by atoms with Crippen molar-refractivity contribution in [3.63, 3.8) is 0 Å². The molecule has 0 atom stereocenters. The van der Waals surface area contributed by atoms with E-state index in [9.17, 15) is 13.2 Å². The van der Waals surface area contributed by atoms with Gasteiger partial charge in [0.1, 0.15) is 5.75 Å². The summed E-state index contributed by atoms with van der Waals surface area (Å²) < 4.78 is 33.3. The van der Waals surface area contributed by atoms with Crippen LogP contribution in [0, 0.1) is 6.92 Å². The summed E-state index contributed by atoms with van der Waals surface area (Å²) in [6, 6.07) is 14.8. The summed E-state index contributed by atoms with van der Waals surface area (Å²) in [5.41, 5.74) is 2.17. The Labute approximate surface area is 185 Å². The van der Waals surface area contributed by atoms with Gasteiger partial charge in [-0.25, -0.2) is 13.1 Å². The Bertz CT molecular complexity index is 935. The molecule has 0 bridgehead atoms. The van der Waals surface area contributed by atoms with Crippen LogP contribution in [-0.4, -0.2) is 33.5 Å². The zero-order chi connectivity index (χ0) is 22.1. The standard InChI is InChI=1S/C24H32N2O4S/c1-19-8-12-22(13-9-19)30-18-4-7-24(27)25-17-16-20-10-14-23(15-11-20)31(28,29)26-21-5-2-3-6-21/h8-15,21,26H,2-7,16-18H2,1H3,(H,25,27). The molecule has 1 aliphatic rings. The fourth-order valence-corrected chi connectivity index (χ4v) is 4.96. The molecule has 2 N–H and O–H groups in total. The lowest BCUT2D eigenvalue weighted by atomic mass is 10.1. The molecule has 0 aromatic heterocycles. The van der Waals surface area contributed by atoms with Gasteiger partial charge in [-0.15, -0.1) is 0 Å². The number of carbonyl (C=O) groups is 1. The van der Waals surface area contributed by atoms with Crippen molar-refractivity contribution >= 4 is 15.9 Å². The molecule has 1 saturated carbocycles. The molecule has 31 heavy (non-hydrogen) atoms. The molecule has 6 nitrogen and oxygen atoms in total. The van der Waals surface area contributed by atoms with E-state index >= 15 is 0 Å². The van der Waals surface area contributed by atoms with Gasteiger partial charge in [-0.2, -0.15) is 0 Å². The summed E-state index contributed by atoms with van der Waals surface area (Å²) in [5.74, 6) is 0.808. The summed E-state index contributed by atoms with van der Waals surface area (Å²) in [5, 5.41) is 2.91. The molecule has 3 rings (SSSR count). The maximum absolute atomic E-state index is 12.5. The first-order chi connectivity index (χ1) is 14.9. The van der Waals surface area contributed by atoms with Crippen LogP contribution in [0.2, 0.25) is 0 Å². The summed E-state index contributed by atoms with van der Waals surface area (Å²) in [7, 11) is -3.46. The van der Waals surface area contributed by atoms with Crippen molar-refractivity contribution in [2.45, 2.75) is 62.8 Å². The van der Waals surface area contributed by atoms with Gasteiger partial charge in [0.2, 0.25) is 15.9 Å². The fourth-order valence-electron chi connectivity index (χ4n) is 3.66. The van der Waals surface area contributed by atoms with Crippen molar-refractivity contribution in [1.82, 2.24) is 10.0 Å². The highest BCUT2D eigenvalue weighted by atomic mass is 32.2. The SMILES string of the molecule is Cc1ccc(OCCCC(=O)NCCc2ccc(S(=O)(=O)NC3CCCC3)cc2)cc1. The highest BCUT2D eigenvalue weighted by Crippen LogP contribution is 2.20. The van der Waals surface area contributed by atoms with Gasteiger partial charge < -0.3 is 10.1 Å². The Balaban J connectivity index is 1.33. The Kier molecular flexibility index (Phi) is 8.49. The Morgan fingerprint density at radius 2 is 1.71 bits per heavy atom. The lowest BCUT2D eigenvalue weighted by Gasteiger charge is -2.13. The van der Waals surface area contributed by atoms with E-state index in [-0.39, 0.29) is 11.9 Å². The molecule has 7 heteroatoms. The van der Waals surface area contributed by atoms with Crippen LogP contribution in [0.4, 0.5) is 0 Å². The zero-order valence-corrected chi connectivity index (χ0v) is 18.9. The second-order valence-corrected chi connectivity index (χ2v) is 9.83. The number of hydrogen-bond donors (Lipinski definition) is 2. The molecule has 0 heterocycles. The van der Waals surface area contributed by atoms with Gasteiger partial charge >= 0.3 is 0 Å². The zero-order valence-electron chi connectivity index (χ0n) is 18.1. The maximum atomic E-state index is 12.5. The smallest absolute Gasteiger partial charge is 0.240 e. The van der Waals surface area contributed by atoms with E-state index < -0.39 is 10.0 Å². The van der Waals surface area contributed by atoms with Gasteiger partial charge in [0.25, 0.3) is 0 Å². The summed E-state index contributed by atoms with van der Waals surface area (Å²) >= 11 is 0. The van der Waals surface area contributed by atoms with Crippen molar-refractivity contribution in [1.29, 1.82) is 0 Å². The quantitative estimate of drug-likeness (QED) is 0.517. The van der Waals surface area contributed by atoms with Gasteiger partial charge in [0, 0.05) is 19.0 Å². The first kappa shape index (κ1) is 23.3. The first-order valence-electron chi connectivity index (χ1n) is 11.0. The number of sulfonamides is 1. The Morgan fingerprint density at radius 1 is 1.03 bits per heavy atom. The summed E-state index contributed by atoms with van der Waals surface area (Å²) in [6.45, 7) is 3.05. The summed E-state index contributed by atoms with van der Waals surface area (Å²) in [6.07, 6.45) is 5.71. The second kappa shape index (κ2) is 11.3. The van der Waals surface area contributed by atoms with Crippen LogP contribution in [0.1, 0.15) is 49.7 Å². The number of benzene rings is 2. The van der Waals surface area contributed by atoms with E-state index in [0.717, 1.165) is 37.0 Å². The molecule has 1 aliphatic carbocycles. The monoisotopic (exact) mass is 444 g/mol. The molecular weight excluding hydrogens is 412 g/mol. The third-order valence-corrected chi connectivity index (χ3v) is 7.02. The predicted octanol–water partition coefficient (Wildman–Crippen LogP) is 3.73. The van der Waals surface area contributed by atoms with E-state index in [2.05, 4.69) is 10.0 Å². The third-order valence-electron chi connectivity index (χ3n) is 5.48. The molecule has 1 amide bonds. The molecule has 0 unspecified atom stereocenters. The molecule has 0 saturated heterocycles. The maximum Gasteiger partial charge on any atom is 0.240 e. The fraction of sp³-hybridized carbons (Fsp3) is 0.458. The van der Waals surface area contributed by atoms with E-state index in [1.54, 1.807) is 12.1 Å². The van der Waals surface area contributed by atoms with E-state index in [4.69, 9.17) is 4.74 Å². The van der Waals surface area contributed by atoms with Crippen LogP contribution in [-0.2, 0) is 21.2 Å². The van der Waals surface area contributed by atoms with Crippen LogP contribution in [0.25, 0.3) is 0 Å². The van der Waals surface area contributed by atoms with Crippen molar-refractivity contribution in [2.75, 3.05) is 13.2 Å². The number of ether oxygens (including phenoxy) is 1. The van der Waals surface area contributed by atoms with Crippen LogP contribution in [0.5, 0.6) is 5.75 Å². The van der Waals surface area contributed by atoms with Gasteiger partial charge in [0.05, 0.1) is 11.5 Å². The third kappa shape index (κ3) is 7.67. The summed E-state index contributed by atoms with van der Waals surface area (Å²) in [4.78, 5) is 12.3. The van der Waals surface area contributed by atoms with Gasteiger partial charge in [-0.1, -0.05) is 42.7 Å². The van der Waals surface area contributed by atoms with Crippen molar-refractivity contribution in [3.8, 4) is 5.75 Å². The molecular formula is C24H32N2O4S. The number of hydrogen-bond acceptors (Lipinski definition) is 4. The van der Waals surface area contributed by atoms with Gasteiger partial charge in [-0.05, 0) is 62.4 Å².